The van der Waals surface area contributed by atoms with E-state index in [0.717, 1.165) is 12.8 Å². The van der Waals surface area contributed by atoms with Crippen LogP contribution in [0.25, 0.3) is 0 Å². The monoisotopic (exact) mass is 125 g/mol. The maximum absolute atomic E-state index is 4.17. The lowest BCUT2D eigenvalue weighted by molar-refractivity contribution is 1.20. The Bertz CT molecular complexity index is 112. The highest BCUT2D eigenvalue weighted by Crippen LogP contribution is 1.86. The Morgan fingerprint density at radius 1 is 1.44 bits per heavy atom. The quantitative estimate of drug-likeness (QED) is 0.514. The molecule has 0 aromatic rings. The molecule has 0 aliphatic rings. The second-order valence-corrected chi connectivity index (χ2v) is 2.01. The van der Waals surface area contributed by atoms with Crippen LogP contribution in [0.15, 0.2) is 17.3 Å². The van der Waals surface area contributed by atoms with E-state index in [1.54, 1.807) is 0 Å². The third kappa shape index (κ3) is 5.28. The zero-order valence-electron chi connectivity index (χ0n) is 6.52. The van der Waals surface area contributed by atoms with Crippen molar-refractivity contribution in [2.45, 2.75) is 33.6 Å². The van der Waals surface area contributed by atoms with Gasteiger partial charge in [-0.3, -0.25) is 4.99 Å². The van der Waals surface area contributed by atoms with Gasteiger partial charge in [-0.15, -0.1) is 0 Å². The van der Waals surface area contributed by atoms with Gasteiger partial charge >= 0.3 is 0 Å². The van der Waals surface area contributed by atoms with Crippen LogP contribution in [-0.2, 0) is 0 Å². The van der Waals surface area contributed by atoms with E-state index in [1.165, 1.54) is 5.71 Å². The third-order valence-electron chi connectivity index (χ3n) is 1.15. The lowest BCUT2D eigenvalue weighted by Crippen LogP contribution is -1.83. The molecule has 1 heteroatoms. The number of hydrogen-bond acceptors (Lipinski definition) is 1. The predicted molar refractivity (Wildman–Crippen MR) is 42.8 cm³/mol. The Morgan fingerprint density at radius 3 is 2.56 bits per heavy atom. The van der Waals surface area contributed by atoms with Gasteiger partial charge in [-0.1, -0.05) is 19.9 Å². The van der Waals surface area contributed by atoms with E-state index < -0.39 is 0 Å². The van der Waals surface area contributed by atoms with Gasteiger partial charge in [-0.25, -0.2) is 0 Å². The molecule has 0 amide bonds. The number of nitrogens with zero attached hydrogens (tertiary/aromatic N) is 1. The Hall–Kier alpha value is -0.590. The van der Waals surface area contributed by atoms with Crippen molar-refractivity contribution < 1.29 is 0 Å². The van der Waals surface area contributed by atoms with Crippen LogP contribution in [0.5, 0.6) is 0 Å². The molecule has 0 saturated heterocycles. The van der Waals surface area contributed by atoms with Crippen molar-refractivity contribution in [1.82, 2.24) is 0 Å². The summed E-state index contributed by atoms with van der Waals surface area (Å²) in [5.74, 6) is 0. The minimum absolute atomic E-state index is 1.05. The van der Waals surface area contributed by atoms with Crippen LogP contribution >= 0.6 is 0 Å². The first-order chi connectivity index (χ1) is 4.31. The minimum Gasteiger partial charge on any atom is -0.266 e. The van der Waals surface area contributed by atoms with Crippen molar-refractivity contribution in [3.05, 3.63) is 12.3 Å². The molecular weight excluding hydrogens is 110 g/mol. The van der Waals surface area contributed by atoms with Gasteiger partial charge in [0.1, 0.15) is 0 Å². The first kappa shape index (κ1) is 8.41. The molecule has 52 valence electrons. The average molecular weight is 125 g/mol. The summed E-state index contributed by atoms with van der Waals surface area (Å²) in [6.45, 7) is 6.26. The first-order valence-electron chi connectivity index (χ1n) is 3.49. The Balaban J connectivity index is 3.55. The maximum Gasteiger partial charge on any atom is 0.0227 e. The second kappa shape index (κ2) is 5.54. The predicted octanol–water partition coefficient (Wildman–Crippen LogP) is 2.78. The fourth-order valence-corrected chi connectivity index (χ4v) is 0.377. The van der Waals surface area contributed by atoms with E-state index in [9.17, 15) is 0 Å². The van der Waals surface area contributed by atoms with Crippen LogP contribution in [0.3, 0.4) is 0 Å². The molecule has 0 bridgehead atoms. The average Bonchev–Trinajstić information content (AvgIpc) is 1.89. The van der Waals surface area contributed by atoms with E-state index in [0.29, 0.717) is 0 Å². The van der Waals surface area contributed by atoms with Gasteiger partial charge in [-0.2, -0.15) is 0 Å². The van der Waals surface area contributed by atoms with Crippen molar-refractivity contribution in [1.29, 1.82) is 0 Å². The highest BCUT2D eigenvalue weighted by molar-refractivity contribution is 5.82. The molecule has 9 heavy (non-hydrogen) atoms. The zero-order chi connectivity index (χ0) is 7.11. The van der Waals surface area contributed by atoms with Crippen molar-refractivity contribution in [2.75, 3.05) is 0 Å². The highest BCUT2D eigenvalue weighted by atomic mass is 14.7. The molecule has 0 atom stereocenters. The first-order valence-corrected chi connectivity index (χ1v) is 3.49. The normalized spacial score (nSPS) is 13.0. The van der Waals surface area contributed by atoms with Crippen molar-refractivity contribution in [3.8, 4) is 0 Å². The van der Waals surface area contributed by atoms with E-state index in [1.807, 2.05) is 13.1 Å². The van der Waals surface area contributed by atoms with Gasteiger partial charge in [0.15, 0.2) is 0 Å². The third-order valence-corrected chi connectivity index (χ3v) is 1.15. The Morgan fingerprint density at radius 2 is 2.11 bits per heavy atom. The molecule has 0 N–H and O–H groups in total. The standard InChI is InChI=1S/C8H15N/c1-4-6-7-9-8(3)5-2/h6-7H,4-5H2,1-3H3/b7-6-,9-8+. The molecule has 0 heterocycles. The molecule has 0 radical (unpaired) electrons. The summed E-state index contributed by atoms with van der Waals surface area (Å²) in [5.41, 5.74) is 1.19. The molecule has 0 unspecified atom stereocenters. The van der Waals surface area contributed by atoms with Gasteiger partial charge < -0.3 is 0 Å². The van der Waals surface area contributed by atoms with E-state index in [4.69, 9.17) is 0 Å². The Kier molecular flexibility index (Phi) is 5.18. The van der Waals surface area contributed by atoms with Gasteiger partial charge in [0.2, 0.25) is 0 Å². The summed E-state index contributed by atoms with van der Waals surface area (Å²) in [4.78, 5) is 4.17. The minimum atomic E-state index is 1.05. The Labute approximate surface area is 57.5 Å². The summed E-state index contributed by atoms with van der Waals surface area (Å²) < 4.78 is 0. The molecule has 0 aromatic heterocycles. The molecule has 0 aliphatic carbocycles. The summed E-state index contributed by atoms with van der Waals surface area (Å²) in [5, 5.41) is 0. The molecule has 0 aliphatic heterocycles. The summed E-state index contributed by atoms with van der Waals surface area (Å²) >= 11 is 0. The van der Waals surface area contributed by atoms with Crippen LogP contribution in [0.2, 0.25) is 0 Å². The van der Waals surface area contributed by atoms with Crippen LogP contribution < -0.4 is 0 Å². The van der Waals surface area contributed by atoms with Crippen LogP contribution in [0, 0.1) is 0 Å². The molecule has 1 nitrogen and oxygen atoms in total. The molecule has 0 fully saturated rings. The molecule has 0 aromatic carbocycles. The van der Waals surface area contributed by atoms with Gasteiger partial charge in [0.25, 0.3) is 0 Å². The fourth-order valence-electron chi connectivity index (χ4n) is 0.377. The van der Waals surface area contributed by atoms with E-state index >= 15 is 0 Å². The van der Waals surface area contributed by atoms with Crippen molar-refractivity contribution in [3.63, 3.8) is 0 Å². The molecule has 0 rings (SSSR count). The topological polar surface area (TPSA) is 12.4 Å². The SMILES string of the molecule is CC/C=C\N=C(/C)CC. The summed E-state index contributed by atoms with van der Waals surface area (Å²) in [6.07, 6.45) is 6.05. The largest absolute Gasteiger partial charge is 0.266 e. The fraction of sp³-hybridized carbons (Fsp3) is 0.625. The van der Waals surface area contributed by atoms with Gasteiger partial charge in [0, 0.05) is 11.9 Å². The maximum atomic E-state index is 4.17. The second-order valence-electron chi connectivity index (χ2n) is 2.01. The van der Waals surface area contributed by atoms with E-state index in [2.05, 4.69) is 24.9 Å². The molecular formula is C8H15N. The molecule has 0 saturated carbocycles. The van der Waals surface area contributed by atoms with Crippen molar-refractivity contribution in [2.24, 2.45) is 4.99 Å². The van der Waals surface area contributed by atoms with Crippen LogP contribution in [-0.4, -0.2) is 5.71 Å². The van der Waals surface area contributed by atoms with Crippen LogP contribution in [0.4, 0.5) is 0 Å². The molecule has 0 spiro atoms. The number of aliphatic imine (C=N–C) groups is 1. The van der Waals surface area contributed by atoms with Gasteiger partial charge in [-0.05, 0) is 19.8 Å². The zero-order valence-corrected chi connectivity index (χ0v) is 6.52. The van der Waals surface area contributed by atoms with E-state index in [-0.39, 0.29) is 0 Å². The number of rotatable bonds is 3. The lowest BCUT2D eigenvalue weighted by atomic mass is 10.3. The highest BCUT2D eigenvalue weighted by Gasteiger charge is 1.78. The number of hydrogen-bond donors (Lipinski definition) is 0. The van der Waals surface area contributed by atoms with Crippen LogP contribution in [0.1, 0.15) is 33.6 Å². The lowest BCUT2D eigenvalue weighted by Gasteiger charge is -1.87. The summed E-state index contributed by atoms with van der Waals surface area (Å²) in [6, 6.07) is 0. The van der Waals surface area contributed by atoms with Gasteiger partial charge in [0.05, 0.1) is 0 Å². The smallest absolute Gasteiger partial charge is 0.0227 e. The summed E-state index contributed by atoms with van der Waals surface area (Å²) in [7, 11) is 0. The number of allylic oxidation sites excluding steroid dienone is 1. The van der Waals surface area contributed by atoms with Crippen molar-refractivity contribution >= 4 is 5.71 Å².